The van der Waals surface area contributed by atoms with Gasteiger partial charge in [0, 0.05) is 75.9 Å². The number of aromatic nitrogens is 6. The molecular formula is C31H35N9O3S. The van der Waals surface area contributed by atoms with Gasteiger partial charge in [-0.15, -0.1) is 0 Å². The quantitative estimate of drug-likeness (QED) is 0.257. The Morgan fingerprint density at radius 1 is 1.07 bits per heavy atom. The largest absolute Gasteiger partial charge is 0.496 e. The van der Waals surface area contributed by atoms with Gasteiger partial charge in [-0.1, -0.05) is 11.3 Å². The van der Waals surface area contributed by atoms with Crippen molar-refractivity contribution in [2.24, 2.45) is 0 Å². The molecule has 8 heterocycles. The number of rotatable bonds is 8. The van der Waals surface area contributed by atoms with Crippen molar-refractivity contribution in [2.75, 3.05) is 76.5 Å². The topological polar surface area (TPSA) is 107 Å². The van der Waals surface area contributed by atoms with Gasteiger partial charge in [-0.3, -0.25) is 14.9 Å². The summed E-state index contributed by atoms with van der Waals surface area (Å²) in [6.07, 6.45) is 6.66. The van der Waals surface area contributed by atoms with E-state index in [4.69, 9.17) is 34.3 Å². The first-order valence-electron chi connectivity index (χ1n) is 15.1. The third-order valence-electron chi connectivity index (χ3n) is 9.01. The number of hydrogen-bond acceptors (Lipinski definition) is 12. The summed E-state index contributed by atoms with van der Waals surface area (Å²) in [4.78, 5) is 27.0. The van der Waals surface area contributed by atoms with Crippen LogP contribution in [0.15, 0.2) is 36.8 Å². The van der Waals surface area contributed by atoms with Gasteiger partial charge in [0.25, 0.3) is 0 Å². The molecule has 2 atom stereocenters. The number of thiazole rings is 1. The van der Waals surface area contributed by atoms with E-state index >= 15 is 0 Å². The average molecular weight is 614 g/mol. The minimum atomic E-state index is 0.245. The van der Waals surface area contributed by atoms with Crippen LogP contribution in [0.2, 0.25) is 0 Å². The van der Waals surface area contributed by atoms with Gasteiger partial charge in [0.1, 0.15) is 11.3 Å². The number of methoxy groups -OCH3 is 2. The molecule has 3 aliphatic heterocycles. The zero-order chi connectivity index (χ0) is 29.8. The predicted molar refractivity (Wildman–Crippen MR) is 170 cm³/mol. The maximum absolute atomic E-state index is 5.95. The molecule has 2 bridgehead atoms. The van der Waals surface area contributed by atoms with E-state index < -0.39 is 0 Å². The van der Waals surface area contributed by atoms with Crippen LogP contribution < -0.4 is 14.5 Å². The third kappa shape index (κ3) is 4.74. The fourth-order valence-corrected chi connectivity index (χ4v) is 7.67. The minimum absolute atomic E-state index is 0.245. The van der Waals surface area contributed by atoms with Crippen LogP contribution in [0.1, 0.15) is 12.1 Å². The van der Waals surface area contributed by atoms with Gasteiger partial charge in [0.2, 0.25) is 0 Å². The Morgan fingerprint density at radius 3 is 2.73 bits per heavy atom. The highest BCUT2D eigenvalue weighted by molar-refractivity contribution is 7.22. The lowest BCUT2D eigenvalue weighted by atomic mass is 10.1. The maximum atomic E-state index is 5.95. The Labute approximate surface area is 259 Å². The molecule has 44 heavy (non-hydrogen) atoms. The summed E-state index contributed by atoms with van der Waals surface area (Å²) in [6, 6.07) is 6.34. The van der Waals surface area contributed by atoms with Crippen molar-refractivity contribution in [1.82, 2.24) is 34.6 Å². The molecule has 0 radical (unpaired) electrons. The van der Waals surface area contributed by atoms with E-state index in [1.807, 2.05) is 29.9 Å². The number of fused-ring (bicyclic) bond motifs is 4. The molecule has 0 unspecified atom stereocenters. The smallest absolute Gasteiger partial charge is 0.186 e. The highest BCUT2D eigenvalue weighted by atomic mass is 32.1. The molecule has 3 saturated heterocycles. The average Bonchev–Trinajstić information content (AvgIpc) is 3.87. The van der Waals surface area contributed by atoms with Crippen LogP contribution in [0.5, 0.6) is 5.75 Å². The number of ether oxygens (including phenoxy) is 3. The van der Waals surface area contributed by atoms with Crippen molar-refractivity contribution < 1.29 is 14.2 Å². The zero-order valence-electron chi connectivity index (χ0n) is 25.1. The Bertz CT molecular complexity index is 1830. The molecule has 5 aromatic rings. The van der Waals surface area contributed by atoms with Crippen LogP contribution in [-0.2, 0) is 9.47 Å². The Kier molecular flexibility index (Phi) is 7.05. The van der Waals surface area contributed by atoms with Gasteiger partial charge in [-0.2, -0.15) is 5.10 Å². The summed E-state index contributed by atoms with van der Waals surface area (Å²) in [5.74, 6) is 2.40. The molecule has 8 rings (SSSR count). The number of piperazine rings is 1. The summed E-state index contributed by atoms with van der Waals surface area (Å²) in [7, 11) is 3.42. The number of hydrogen-bond donors (Lipinski definition) is 0. The molecule has 0 saturated carbocycles. The van der Waals surface area contributed by atoms with E-state index in [0.29, 0.717) is 6.04 Å². The first-order chi connectivity index (χ1) is 21.6. The van der Waals surface area contributed by atoms with Crippen LogP contribution in [0.25, 0.3) is 38.2 Å². The molecule has 0 aliphatic carbocycles. The maximum Gasteiger partial charge on any atom is 0.186 e. The van der Waals surface area contributed by atoms with E-state index in [1.165, 1.54) is 0 Å². The van der Waals surface area contributed by atoms with Gasteiger partial charge in [-0.25, -0.2) is 14.6 Å². The number of aryl methyl sites for hydroxylation is 1. The molecule has 12 nitrogen and oxygen atoms in total. The molecule has 0 amide bonds. The van der Waals surface area contributed by atoms with Gasteiger partial charge in [0.05, 0.1) is 60.1 Å². The predicted octanol–water partition coefficient (Wildman–Crippen LogP) is 3.55. The first-order valence-corrected chi connectivity index (χ1v) is 15.9. The van der Waals surface area contributed by atoms with Gasteiger partial charge >= 0.3 is 0 Å². The van der Waals surface area contributed by atoms with Crippen molar-refractivity contribution in [1.29, 1.82) is 0 Å². The lowest BCUT2D eigenvalue weighted by Crippen LogP contribution is -2.47. The monoisotopic (exact) mass is 613 g/mol. The minimum Gasteiger partial charge on any atom is -0.496 e. The van der Waals surface area contributed by atoms with Crippen LogP contribution in [0.4, 0.5) is 10.9 Å². The van der Waals surface area contributed by atoms with Gasteiger partial charge in [0.15, 0.2) is 16.8 Å². The van der Waals surface area contributed by atoms with Gasteiger partial charge in [-0.05, 0) is 25.5 Å². The van der Waals surface area contributed by atoms with Crippen molar-refractivity contribution in [3.63, 3.8) is 0 Å². The van der Waals surface area contributed by atoms with E-state index in [-0.39, 0.29) is 6.10 Å². The second-order valence-electron chi connectivity index (χ2n) is 11.6. The summed E-state index contributed by atoms with van der Waals surface area (Å²) in [5, 5.41) is 6.86. The molecule has 3 fully saturated rings. The molecule has 5 aromatic heterocycles. The zero-order valence-corrected chi connectivity index (χ0v) is 26.0. The van der Waals surface area contributed by atoms with Gasteiger partial charge < -0.3 is 24.0 Å². The lowest BCUT2D eigenvalue weighted by molar-refractivity contribution is 0.0990. The van der Waals surface area contributed by atoms with Crippen molar-refractivity contribution >= 4 is 43.4 Å². The van der Waals surface area contributed by atoms with Crippen LogP contribution >= 0.6 is 11.3 Å². The van der Waals surface area contributed by atoms with Crippen molar-refractivity contribution in [3.05, 3.63) is 42.5 Å². The summed E-state index contributed by atoms with van der Waals surface area (Å²) < 4.78 is 19.9. The Balaban J connectivity index is 1.22. The molecule has 228 valence electrons. The second kappa shape index (κ2) is 11.2. The molecular weight excluding hydrogens is 578 g/mol. The van der Waals surface area contributed by atoms with E-state index in [9.17, 15) is 0 Å². The molecule has 3 aliphatic rings. The van der Waals surface area contributed by atoms with Crippen molar-refractivity contribution in [3.8, 4) is 22.8 Å². The standard InChI is InChI=1S/C31H35N9O3S/c1-19-22-16-33-40(25(22)13-24(34-19)23-15-32-5-4-26(23)42-3)28-14-27-29(30(35-28)39-17-21-12-20(39)18-43-21)36-31(44-27)38-8-6-37(7-9-38)10-11-41-2/h4-5,13-16,20-21H,6-12,17-18H2,1-3H3/t20-,21-/m1/s1. The second-order valence-corrected chi connectivity index (χ2v) is 12.6. The Morgan fingerprint density at radius 2 is 1.95 bits per heavy atom. The van der Waals surface area contributed by atoms with E-state index in [0.717, 1.165) is 119 Å². The number of nitrogens with zero attached hydrogens (tertiary/aromatic N) is 9. The summed E-state index contributed by atoms with van der Waals surface area (Å²) >= 11 is 1.74. The molecule has 13 heteroatoms. The molecule has 0 aromatic carbocycles. The highest BCUT2D eigenvalue weighted by Crippen LogP contribution is 2.40. The van der Waals surface area contributed by atoms with E-state index in [1.54, 1.807) is 38.0 Å². The fraction of sp³-hybridized carbons (Fsp3) is 0.452. The number of morpholine rings is 1. The number of pyridine rings is 3. The number of anilines is 2. The fourth-order valence-electron chi connectivity index (χ4n) is 6.63. The van der Waals surface area contributed by atoms with Crippen LogP contribution in [-0.4, -0.2) is 113 Å². The molecule has 0 spiro atoms. The molecule has 0 N–H and O–H groups in total. The van der Waals surface area contributed by atoms with Crippen LogP contribution in [0.3, 0.4) is 0 Å². The summed E-state index contributed by atoms with van der Waals surface area (Å²) in [5.41, 5.74) is 4.38. The Hall–Kier alpha value is -3.91. The van der Waals surface area contributed by atoms with Crippen molar-refractivity contribution in [2.45, 2.75) is 25.5 Å². The SMILES string of the molecule is COCCN1CCN(c2nc3c(N4C[C@H]5C[C@@H]4CO5)nc(-n4ncc5c(C)nc(-c6cnccc6OC)cc54)cc3s2)CC1. The highest BCUT2D eigenvalue weighted by Gasteiger charge is 2.41. The first kappa shape index (κ1) is 27.6. The normalized spacial score (nSPS) is 20.4. The third-order valence-corrected chi connectivity index (χ3v) is 10.1. The van der Waals surface area contributed by atoms with E-state index in [2.05, 4.69) is 25.8 Å². The lowest BCUT2D eigenvalue weighted by Gasteiger charge is -2.34. The summed E-state index contributed by atoms with van der Waals surface area (Å²) in [6.45, 7) is 9.17. The van der Waals surface area contributed by atoms with Crippen LogP contribution in [0, 0.1) is 6.92 Å².